The molecule has 0 saturated heterocycles. The zero-order valence-electron chi connectivity index (χ0n) is 21.9. The lowest BCUT2D eigenvalue weighted by atomic mass is 10.1. The van der Waals surface area contributed by atoms with E-state index in [1.54, 1.807) is 9.91 Å². The minimum atomic E-state index is -0.318. The summed E-state index contributed by atoms with van der Waals surface area (Å²) in [6.45, 7) is 1.92. The van der Waals surface area contributed by atoms with Gasteiger partial charge in [0.05, 0.1) is 18.8 Å². The zero-order valence-corrected chi connectivity index (χ0v) is 21.9. The smallest absolute Gasteiger partial charge is 0.327 e. The highest BCUT2D eigenvalue weighted by atomic mass is 16.5. The molecule has 0 aliphatic carbocycles. The summed E-state index contributed by atoms with van der Waals surface area (Å²) < 4.78 is 5.87. The van der Waals surface area contributed by atoms with Crippen molar-refractivity contribution in [2.75, 3.05) is 31.6 Å². The molecule has 2 aromatic carbocycles. The van der Waals surface area contributed by atoms with Crippen LogP contribution in [0.2, 0.25) is 0 Å². The van der Waals surface area contributed by atoms with Gasteiger partial charge in [-0.2, -0.15) is 0 Å². The molecule has 1 unspecified atom stereocenters. The first-order valence-electron chi connectivity index (χ1n) is 12.7. The summed E-state index contributed by atoms with van der Waals surface area (Å²) in [7, 11) is 1.82. The fraction of sp³-hybridized carbons (Fsp3) is 0.296. The van der Waals surface area contributed by atoms with Gasteiger partial charge >= 0.3 is 6.03 Å². The van der Waals surface area contributed by atoms with Crippen LogP contribution in [0.4, 0.5) is 10.5 Å². The Morgan fingerprint density at radius 2 is 1.97 bits per heavy atom. The zero-order chi connectivity index (χ0) is 27.8. The summed E-state index contributed by atoms with van der Waals surface area (Å²) >= 11 is 0. The first kappa shape index (κ1) is 27.5. The number of nitrogens with one attached hydrogen (secondary N) is 3. The number of fused-ring (bicyclic) bond motifs is 1. The standard InChI is InChI=1S/C27H35N9O3/c1-35(30)12-3-13-39-22-5-2-4-19(14-22)23-15-20-17-36(27(38)34-25(20)33-23)21-8-6-18(7-9-21)16-32-24(37)10-11-31-26(28)29/h2,4-9,14-15,17,25,33H,3,10-13,16,30H2,1H3,(H,32,37)(H,34,38)(H4,28,29,31). The van der Waals surface area contributed by atoms with Gasteiger partial charge < -0.3 is 32.2 Å². The molecular weight excluding hydrogens is 498 g/mol. The normalized spacial score (nSPS) is 16.0. The molecule has 2 heterocycles. The number of amides is 3. The lowest BCUT2D eigenvalue weighted by Gasteiger charge is -2.29. The van der Waals surface area contributed by atoms with E-state index in [0.717, 1.165) is 41.1 Å². The maximum atomic E-state index is 12.9. The number of carbonyl (C=O) groups is 2. The van der Waals surface area contributed by atoms with Crippen LogP contribution in [0.1, 0.15) is 24.0 Å². The minimum absolute atomic E-state index is 0.0384. The average molecular weight is 534 g/mol. The fourth-order valence-electron chi connectivity index (χ4n) is 4.13. The van der Waals surface area contributed by atoms with E-state index in [-0.39, 0.29) is 37.0 Å². The fourth-order valence-corrected chi connectivity index (χ4v) is 4.13. The highest BCUT2D eigenvalue weighted by Gasteiger charge is 2.31. The molecule has 1 atom stereocenters. The van der Waals surface area contributed by atoms with Gasteiger partial charge in [-0.3, -0.25) is 25.5 Å². The number of hydrogen-bond acceptors (Lipinski definition) is 7. The lowest BCUT2D eigenvalue weighted by Crippen LogP contribution is -2.51. The monoisotopic (exact) mass is 533 g/mol. The predicted molar refractivity (Wildman–Crippen MR) is 151 cm³/mol. The van der Waals surface area contributed by atoms with E-state index in [9.17, 15) is 9.59 Å². The van der Waals surface area contributed by atoms with Crippen LogP contribution in [0, 0.1) is 0 Å². The van der Waals surface area contributed by atoms with Crippen molar-refractivity contribution in [3.8, 4) is 5.75 Å². The van der Waals surface area contributed by atoms with Crippen molar-refractivity contribution in [1.82, 2.24) is 21.0 Å². The Morgan fingerprint density at radius 3 is 2.72 bits per heavy atom. The third-order valence-corrected chi connectivity index (χ3v) is 6.12. The molecule has 0 bridgehead atoms. The molecule has 12 nitrogen and oxygen atoms in total. The highest BCUT2D eigenvalue weighted by Crippen LogP contribution is 2.29. The molecule has 3 amide bonds. The molecule has 39 heavy (non-hydrogen) atoms. The number of urea groups is 1. The number of ether oxygens (including phenoxy) is 1. The summed E-state index contributed by atoms with van der Waals surface area (Å²) in [5.74, 6) is 6.23. The number of rotatable bonds is 12. The van der Waals surface area contributed by atoms with Crippen molar-refractivity contribution in [3.05, 3.63) is 77.5 Å². The Morgan fingerprint density at radius 1 is 1.18 bits per heavy atom. The number of aliphatic imine (C=N–C) groups is 1. The van der Waals surface area contributed by atoms with E-state index in [4.69, 9.17) is 22.0 Å². The van der Waals surface area contributed by atoms with Crippen LogP contribution in [0.5, 0.6) is 5.75 Å². The van der Waals surface area contributed by atoms with E-state index in [1.807, 2.05) is 67.9 Å². The van der Waals surface area contributed by atoms with Crippen LogP contribution in [-0.4, -0.2) is 55.8 Å². The molecule has 0 radical (unpaired) electrons. The minimum Gasteiger partial charge on any atom is -0.494 e. The van der Waals surface area contributed by atoms with Gasteiger partial charge in [-0.1, -0.05) is 24.3 Å². The number of nitrogens with zero attached hydrogens (tertiary/aromatic N) is 3. The molecule has 0 saturated carbocycles. The molecule has 2 aliphatic rings. The third-order valence-electron chi connectivity index (χ3n) is 6.12. The molecule has 0 spiro atoms. The first-order valence-corrected chi connectivity index (χ1v) is 12.7. The Hall–Kier alpha value is -4.55. The summed E-state index contributed by atoms with van der Waals surface area (Å²) in [5, 5.41) is 10.8. The van der Waals surface area contributed by atoms with Crippen LogP contribution in [0.3, 0.4) is 0 Å². The van der Waals surface area contributed by atoms with Crippen LogP contribution < -0.4 is 42.9 Å². The molecule has 2 aromatic rings. The quantitative estimate of drug-likeness (QED) is 0.0767. The van der Waals surface area contributed by atoms with Crippen LogP contribution >= 0.6 is 0 Å². The van der Waals surface area contributed by atoms with E-state index < -0.39 is 0 Å². The van der Waals surface area contributed by atoms with Gasteiger partial charge in [-0.25, -0.2) is 4.79 Å². The second-order valence-electron chi connectivity index (χ2n) is 9.29. The number of benzene rings is 2. The summed E-state index contributed by atoms with van der Waals surface area (Å²) in [4.78, 5) is 30.2. The van der Waals surface area contributed by atoms with E-state index >= 15 is 0 Å². The van der Waals surface area contributed by atoms with Crippen molar-refractivity contribution in [1.29, 1.82) is 0 Å². The number of guanidine groups is 1. The Labute approximate surface area is 227 Å². The van der Waals surface area contributed by atoms with Gasteiger partial charge in [0, 0.05) is 49.6 Å². The van der Waals surface area contributed by atoms with Crippen molar-refractivity contribution >= 4 is 29.3 Å². The largest absolute Gasteiger partial charge is 0.494 e. The maximum Gasteiger partial charge on any atom is 0.327 e. The van der Waals surface area contributed by atoms with Gasteiger partial charge in [0.25, 0.3) is 0 Å². The molecule has 12 heteroatoms. The molecule has 206 valence electrons. The Balaban J connectivity index is 1.37. The number of anilines is 1. The number of nitrogens with two attached hydrogens (primary N) is 3. The SMILES string of the molecule is CN(N)CCCOc1cccc(C2=CC3=CN(c4ccc(CNC(=O)CCN=C(N)N)cc4)C(=O)NC3N2)c1. The second-order valence-corrected chi connectivity index (χ2v) is 9.29. The van der Waals surface area contributed by atoms with Crippen molar-refractivity contribution < 1.29 is 14.3 Å². The van der Waals surface area contributed by atoms with Crippen molar-refractivity contribution in [3.63, 3.8) is 0 Å². The van der Waals surface area contributed by atoms with Gasteiger partial charge in [0.15, 0.2) is 5.96 Å². The lowest BCUT2D eigenvalue weighted by molar-refractivity contribution is -0.121. The predicted octanol–water partition coefficient (Wildman–Crippen LogP) is 0.925. The number of carbonyl (C=O) groups excluding carboxylic acids is 2. The molecule has 4 rings (SSSR count). The van der Waals surface area contributed by atoms with Gasteiger partial charge in [-0.05, 0) is 42.3 Å². The van der Waals surface area contributed by atoms with Crippen LogP contribution in [0.15, 0.2) is 71.4 Å². The molecular formula is C27H35N9O3. The molecule has 0 fully saturated rings. The topological polar surface area (TPSA) is 176 Å². The number of hydrogen-bond donors (Lipinski definition) is 6. The van der Waals surface area contributed by atoms with Crippen LogP contribution in [0.25, 0.3) is 5.70 Å². The van der Waals surface area contributed by atoms with Crippen molar-refractivity contribution in [2.24, 2.45) is 22.3 Å². The third kappa shape index (κ3) is 7.72. The summed E-state index contributed by atoms with van der Waals surface area (Å²) in [5.41, 5.74) is 14.9. The van der Waals surface area contributed by atoms with Gasteiger partial charge in [0.1, 0.15) is 11.9 Å². The van der Waals surface area contributed by atoms with E-state index in [0.29, 0.717) is 18.8 Å². The van der Waals surface area contributed by atoms with Gasteiger partial charge in [-0.15, -0.1) is 0 Å². The van der Waals surface area contributed by atoms with E-state index in [1.165, 1.54) is 0 Å². The van der Waals surface area contributed by atoms with Crippen molar-refractivity contribution in [2.45, 2.75) is 25.6 Å². The molecule has 2 aliphatic heterocycles. The summed E-state index contributed by atoms with van der Waals surface area (Å²) in [6, 6.07) is 15.0. The van der Waals surface area contributed by atoms with E-state index in [2.05, 4.69) is 20.9 Å². The molecule has 9 N–H and O–H groups in total. The maximum absolute atomic E-state index is 12.9. The molecule has 0 aromatic heterocycles. The first-order chi connectivity index (χ1) is 18.8. The van der Waals surface area contributed by atoms with Gasteiger partial charge in [0.2, 0.25) is 5.91 Å². The second kappa shape index (κ2) is 12.8. The number of hydrazine groups is 1. The van der Waals surface area contributed by atoms with Crippen LogP contribution in [-0.2, 0) is 11.3 Å². The average Bonchev–Trinajstić information content (AvgIpc) is 3.32. The Kier molecular flexibility index (Phi) is 9.02. The summed E-state index contributed by atoms with van der Waals surface area (Å²) in [6.07, 6.45) is 4.55. The highest BCUT2D eigenvalue weighted by molar-refractivity contribution is 5.96. The Bertz CT molecular complexity index is 1270.